The minimum atomic E-state index is 0.810. The molecule has 84 valence electrons. The van der Waals surface area contributed by atoms with Crippen LogP contribution in [0.4, 0.5) is 0 Å². The second-order valence-electron chi connectivity index (χ2n) is 4.37. The lowest BCUT2D eigenvalue weighted by Crippen LogP contribution is -2.43. The molecule has 1 aliphatic rings. The van der Waals surface area contributed by atoms with Crippen molar-refractivity contribution in [2.75, 3.05) is 46.8 Å². The Balaban J connectivity index is 2.13. The fraction of sp³-hybridized carbons (Fsp3) is 1.00. The SMILES string of the molecule is CCNCCN(C)C1CCN(C)CC1. The van der Waals surface area contributed by atoms with Crippen molar-refractivity contribution in [3.8, 4) is 0 Å². The van der Waals surface area contributed by atoms with E-state index in [4.69, 9.17) is 0 Å². The van der Waals surface area contributed by atoms with Gasteiger partial charge in [-0.2, -0.15) is 0 Å². The summed E-state index contributed by atoms with van der Waals surface area (Å²) in [6.07, 6.45) is 2.66. The molecule has 0 aliphatic carbocycles. The molecule has 0 unspecified atom stereocenters. The van der Waals surface area contributed by atoms with Crippen molar-refractivity contribution in [1.29, 1.82) is 0 Å². The molecule has 1 aliphatic heterocycles. The minimum Gasteiger partial charge on any atom is -0.316 e. The molecule has 1 saturated heterocycles. The van der Waals surface area contributed by atoms with Gasteiger partial charge in [-0.15, -0.1) is 0 Å². The molecule has 1 fully saturated rings. The highest BCUT2D eigenvalue weighted by molar-refractivity contribution is 4.76. The highest BCUT2D eigenvalue weighted by Crippen LogP contribution is 2.13. The number of hydrogen-bond acceptors (Lipinski definition) is 3. The number of hydrogen-bond donors (Lipinski definition) is 1. The van der Waals surface area contributed by atoms with Gasteiger partial charge in [-0.1, -0.05) is 6.92 Å². The zero-order valence-corrected chi connectivity index (χ0v) is 9.92. The number of nitrogens with zero attached hydrogens (tertiary/aromatic N) is 2. The van der Waals surface area contributed by atoms with Crippen LogP contribution < -0.4 is 5.32 Å². The van der Waals surface area contributed by atoms with Gasteiger partial charge in [0.25, 0.3) is 0 Å². The molecule has 1 N–H and O–H groups in total. The Morgan fingerprint density at radius 1 is 1.36 bits per heavy atom. The largest absolute Gasteiger partial charge is 0.316 e. The van der Waals surface area contributed by atoms with Crippen LogP contribution in [0, 0.1) is 0 Å². The zero-order chi connectivity index (χ0) is 10.4. The Labute approximate surface area is 88.5 Å². The quantitative estimate of drug-likeness (QED) is 0.655. The van der Waals surface area contributed by atoms with Crippen LogP contribution in [0.5, 0.6) is 0 Å². The van der Waals surface area contributed by atoms with Crippen LogP contribution in [0.3, 0.4) is 0 Å². The second-order valence-corrected chi connectivity index (χ2v) is 4.37. The van der Waals surface area contributed by atoms with Gasteiger partial charge in [-0.25, -0.2) is 0 Å². The van der Waals surface area contributed by atoms with Crippen molar-refractivity contribution >= 4 is 0 Å². The zero-order valence-electron chi connectivity index (χ0n) is 9.92. The third kappa shape index (κ3) is 3.95. The van der Waals surface area contributed by atoms with Crippen LogP contribution in [0.2, 0.25) is 0 Å². The molecule has 14 heavy (non-hydrogen) atoms. The second kappa shape index (κ2) is 6.38. The maximum Gasteiger partial charge on any atom is 0.0117 e. The molecule has 1 rings (SSSR count). The highest BCUT2D eigenvalue weighted by atomic mass is 15.2. The van der Waals surface area contributed by atoms with Gasteiger partial charge >= 0.3 is 0 Å². The van der Waals surface area contributed by atoms with Crippen LogP contribution in [0.25, 0.3) is 0 Å². The normalized spacial score (nSPS) is 20.6. The highest BCUT2D eigenvalue weighted by Gasteiger charge is 2.19. The van der Waals surface area contributed by atoms with Crippen LogP contribution >= 0.6 is 0 Å². The average molecular weight is 199 g/mol. The molecule has 0 aromatic rings. The monoisotopic (exact) mass is 199 g/mol. The van der Waals surface area contributed by atoms with Crippen LogP contribution in [0.15, 0.2) is 0 Å². The molecule has 1 heterocycles. The molecule has 3 heteroatoms. The lowest BCUT2D eigenvalue weighted by atomic mass is 10.0. The van der Waals surface area contributed by atoms with Gasteiger partial charge in [-0.05, 0) is 46.6 Å². The first kappa shape index (κ1) is 12.0. The van der Waals surface area contributed by atoms with Crippen LogP contribution in [0.1, 0.15) is 19.8 Å². The Morgan fingerprint density at radius 3 is 2.57 bits per heavy atom. The number of likely N-dealkylation sites (tertiary alicyclic amines) is 1. The van der Waals surface area contributed by atoms with E-state index >= 15 is 0 Å². The Bertz CT molecular complexity index is 141. The summed E-state index contributed by atoms with van der Waals surface area (Å²) in [5.41, 5.74) is 0. The van der Waals surface area contributed by atoms with Crippen molar-refractivity contribution in [2.24, 2.45) is 0 Å². The number of nitrogens with one attached hydrogen (secondary N) is 1. The summed E-state index contributed by atoms with van der Waals surface area (Å²) in [4.78, 5) is 4.93. The van der Waals surface area contributed by atoms with E-state index in [2.05, 4.69) is 36.1 Å². The Hall–Kier alpha value is -0.120. The van der Waals surface area contributed by atoms with E-state index in [-0.39, 0.29) is 0 Å². The summed E-state index contributed by atoms with van der Waals surface area (Å²) in [6.45, 7) is 8.07. The van der Waals surface area contributed by atoms with E-state index in [0.717, 1.165) is 19.1 Å². The van der Waals surface area contributed by atoms with Crippen LogP contribution in [-0.2, 0) is 0 Å². The van der Waals surface area contributed by atoms with Gasteiger partial charge < -0.3 is 15.1 Å². The van der Waals surface area contributed by atoms with Crippen molar-refractivity contribution in [2.45, 2.75) is 25.8 Å². The summed E-state index contributed by atoms with van der Waals surface area (Å²) in [6, 6.07) is 0.810. The molecule has 0 spiro atoms. The van der Waals surface area contributed by atoms with Crippen LogP contribution in [-0.4, -0.2) is 62.7 Å². The number of likely N-dealkylation sites (N-methyl/N-ethyl adjacent to an activating group) is 2. The van der Waals surface area contributed by atoms with Gasteiger partial charge in [0.15, 0.2) is 0 Å². The summed E-state index contributed by atoms with van der Waals surface area (Å²) >= 11 is 0. The average Bonchev–Trinajstić information content (AvgIpc) is 2.19. The third-order valence-corrected chi connectivity index (χ3v) is 3.20. The maximum atomic E-state index is 3.37. The fourth-order valence-electron chi connectivity index (χ4n) is 2.05. The van der Waals surface area contributed by atoms with Crippen molar-refractivity contribution < 1.29 is 0 Å². The minimum absolute atomic E-state index is 0.810. The molecule has 0 bridgehead atoms. The Kier molecular flexibility index (Phi) is 5.45. The molecule has 0 atom stereocenters. The van der Waals surface area contributed by atoms with E-state index < -0.39 is 0 Å². The molecule has 3 nitrogen and oxygen atoms in total. The summed E-state index contributed by atoms with van der Waals surface area (Å²) < 4.78 is 0. The number of rotatable bonds is 5. The van der Waals surface area contributed by atoms with Crippen molar-refractivity contribution in [1.82, 2.24) is 15.1 Å². The third-order valence-electron chi connectivity index (χ3n) is 3.20. The molecular weight excluding hydrogens is 174 g/mol. The first-order valence-corrected chi connectivity index (χ1v) is 5.83. The predicted molar refractivity (Wildman–Crippen MR) is 61.7 cm³/mol. The van der Waals surface area contributed by atoms with E-state index in [1.165, 1.54) is 32.5 Å². The first-order valence-electron chi connectivity index (χ1n) is 5.83. The van der Waals surface area contributed by atoms with Gasteiger partial charge in [0.05, 0.1) is 0 Å². The fourth-order valence-corrected chi connectivity index (χ4v) is 2.05. The lowest BCUT2D eigenvalue weighted by molar-refractivity contribution is 0.145. The summed E-state index contributed by atoms with van der Waals surface area (Å²) in [5.74, 6) is 0. The van der Waals surface area contributed by atoms with E-state index in [1.54, 1.807) is 0 Å². The van der Waals surface area contributed by atoms with Crippen molar-refractivity contribution in [3.05, 3.63) is 0 Å². The van der Waals surface area contributed by atoms with Gasteiger partial charge in [0.2, 0.25) is 0 Å². The van der Waals surface area contributed by atoms with Gasteiger partial charge in [-0.3, -0.25) is 0 Å². The predicted octanol–water partition coefficient (Wildman–Crippen LogP) is 0.622. The topological polar surface area (TPSA) is 18.5 Å². The van der Waals surface area contributed by atoms with Gasteiger partial charge in [0, 0.05) is 19.1 Å². The van der Waals surface area contributed by atoms with E-state index in [9.17, 15) is 0 Å². The van der Waals surface area contributed by atoms with Gasteiger partial charge in [0.1, 0.15) is 0 Å². The summed E-state index contributed by atoms with van der Waals surface area (Å²) in [5, 5.41) is 3.37. The van der Waals surface area contributed by atoms with Crippen molar-refractivity contribution in [3.63, 3.8) is 0 Å². The first-order chi connectivity index (χ1) is 6.74. The smallest absolute Gasteiger partial charge is 0.0117 e. The Morgan fingerprint density at radius 2 is 2.00 bits per heavy atom. The van der Waals surface area contributed by atoms with E-state index in [0.29, 0.717) is 0 Å². The van der Waals surface area contributed by atoms with E-state index in [1.807, 2.05) is 0 Å². The number of piperidine rings is 1. The molecule has 0 radical (unpaired) electrons. The lowest BCUT2D eigenvalue weighted by Gasteiger charge is -2.35. The molecular formula is C11H25N3. The standard InChI is InChI=1S/C11H25N3/c1-4-12-7-10-14(3)11-5-8-13(2)9-6-11/h11-12H,4-10H2,1-3H3. The molecule has 0 saturated carbocycles. The molecule has 0 aromatic heterocycles. The molecule has 0 aromatic carbocycles. The maximum absolute atomic E-state index is 3.37. The molecule has 0 amide bonds. The summed E-state index contributed by atoms with van der Waals surface area (Å²) in [7, 11) is 4.47.